The van der Waals surface area contributed by atoms with Gasteiger partial charge in [-0.3, -0.25) is 14.5 Å². The summed E-state index contributed by atoms with van der Waals surface area (Å²) >= 11 is 12.6. The Kier molecular flexibility index (Phi) is 9.52. The maximum absolute atomic E-state index is 12.0. The molecule has 4 rings (SSSR count). The molecule has 3 amide bonds. The predicted molar refractivity (Wildman–Crippen MR) is 146 cm³/mol. The summed E-state index contributed by atoms with van der Waals surface area (Å²) in [6.07, 6.45) is 5.18. The lowest BCUT2D eigenvalue weighted by molar-refractivity contribution is -0.137. The maximum Gasteiger partial charge on any atom is 0.327 e. The quantitative estimate of drug-likeness (QED) is 0.347. The van der Waals surface area contributed by atoms with Gasteiger partial charge in [0.1, 0.15) is 18.9 Å². The first-order valence-corrected chi connectivity index (χ1v) is 13.7. The van der Waals surface area contributed by atoms with Crippen molar-refractivity contribution in [3.05, 3.63) is 63.6 Å². The van der Waals surface area contributed by atoms with Gasteiger partial charge in [-0.1, -0.05) is 54.2 Å². The van der Waals surface area contributed by atoms with Crippen LogP contribution in [0.4, 0.5) is 4.79 Å². The third-order valence-electron chi connectivity index (χ3n) is 7.29. The molecule has 8 nitrogen and oxygen atoms in total. The van der Waals surface area contributed by atoms with E-state index >= 15 is 0 Å². The number of hydrogen-bond acceptors (Lipinski definition) is 5. The number of aliphatic carboxylic acids is 1. The Hall–Kier alpha value is -2.81. The van der Waals surface area contributed by atoms with Crippen LogP contribution in [0.3, 0.4) is 0 Å². The van der Waals surface area contributed by atoms with Crippen molar-refractivity contribution < 1.29 is 24.2 Å². The molecule has 2 fully saturated rings. The van der Waals surface area contributed by atoms with Gasteiger partial charge >= 0.3 is 12.0 Å². The second-order valence-electron chi connectivity index (χ2n) is 10.0. The van der Waals surface area contributed by atoms with Crippen molar-refractivity contribution in [3.63, 3.8) is 0 Å². The molecule has 2 aliphatic rings. The summed E-state index contributed by atoms with van der Waals surface area (Å²) in [7, 11) is 1.59. The maximum atomic E-state index is 12.0. The molecule has 38 heavy (non-hydrogen) atoms. The molecule has 1 unspecified atom stereocenters. The largest absolute Gasteiger partial charge is 0.490 e. The summed E-state index contributed by atoms with van der Waals surface area (Å²) < 4.78 is 5.78. The van der Waals surface area contributed by atoms with E-state index in [0.29, 0.717) is 28.1 Å². The number of urea groups is 1. The molecule has 2 aromatic rings. The molecule has 1 saturated heterocycles. The van der Waals surface area contributed by atoms with Gasteiger partial charge in [0.15, 0.2) is 0 Å². The second-order valence-corrected chi connectivity index (χ2v) is 10.9. The lowest BCUT2D eigenvalue weighted by atomic mass is 9.90. The van der Waals surface area contributed by atoms with Gasteiger partial charge in [-0.15, -0.1) is 0 Å². The second kappa shape index (κ2) is 12.8. The molecule has 0 bridgehead atoms. The van der Waals surface area contributed by atoms with Gasteiger partial charge in [-0.05, 0) is 60.6 Å². The Labute approximate surface area is 232 Å². The van der Waals surface area contributed by atoms with E-state index < -0.39 is 5.97 Å². The standard InChI is InChI=1S/C28H33Cl2N3O5/c1-32-17-26(34)33(28(32)37)12-13-38-25-11-6-18(14-22(25)30)15-23(19-4-2-3-5-19)31-24(16-27(35)36)20-7-9-21(29)10-8-20/h6-11,14,19,23-24,31H,2-5,12-13,15-17H2,1H3,(H,35,36)/t23?,24-/m1/s1. The van der Waals surface area contributed by atoms with E-state index in [-0.39, 0.29) is 50.1 Å². The molecule has 2 N–H and O–H groups in total. The number of rotatable bonds is 12. The summed E-state index contributed by atoms with van der Waals surface area (Å²) in [6, 6.07) is 12.3. The van der Waals surface area contributed by atoms with Gasteiger partial charge in [0.25, 0.3) is 0 Å². The van der Waals surface area contributed by atoms with Crippen molar-refractivity contribution in [2.45, 2.75) is 50.6 Å². The SMILES string of the molecule is CN1CC(=O)N(CCOc2ccc(CC(N[C@H](CC(=O)O)c3ccc(Cl)cc3)C3CCCC3)cc2Cl)C1=O. The van der Waals surface area contributed by atoms with Crippen LogP contribution in [-0.2, 0) is 16.0 Å². The van der Waals surface area contributed by atoms with Crippen LogP contribution in [-0.4, -0.2) is 65.6 Å². The van der Waals surface area contributed by atoms with Crippen LogP contribution in [0.25, 0.3) is 0 Å². The van der Waals surface area contributed by atoms with Crippen LogP contribution >= 0.6 is 23.2 Å². The van der Waals surface area contributed by atoms with Crippen LogP contribution < -0.4 is 10.1 Å². The highest BCUT2D eigenvalue weighted by atomic mass is 35.5. The van der Waals surface area contributed by atoms with E-state index in [9.17, 15) is 19.5 Å². The van der Waals surface area contributed by atoms with Crippen LogP contribution in [0.2, 0.25) is 10.0 Å². The minimum atomic E-state index is -0.865. The van der Waals surface area contributed by atoms with Gasteiger partial charge in [0.05, 0.1) is 18.0 Å². The molecule has 1 aliphatic heterocycles. The van der Waals surface area contributed by atoms with Crippen LogP contribution in [0.5, 0.6) is 5.75 Å². The number of imide groups is 1. The number of nitrogens with one attached hydrogen (secondary N) is 1. The Bertz CT molecular complexity index is 1150. The number of nitrogens with zero attached hydrogens (tertiary/aromatic N) is 2. The molecule has 10 heteroatoms. The number of carbonyl (C=O) groups excluding carboxylic acids is 2. The van der Waals surface area contributed by atoms with Crippen molar-refractivity contribution in [2.75, 3.05) is 26.7 Å². The predicted octanol–water partition coefficient (Wildman–Crippen LogP) is 5.17. The summed E-state index contributed by atoms with van der Waals surface area (Å²) in [5.74, 6) is -0.191. The van der Waals surface area contributed by atoms with Crippen LogP contribution in [0, 0.1) is 5.92 Å². The molecule has 1 aliphatic carbocycles. The summed E-state index contributed by atoms with van der Waals surface area (Å²) in [4.78, 5) is 38.2. The first kappa shape index (κ1) is 28.2. The Morgan fingerprint density at radius 1 is 1.13 bits per heavy atom. The molecule has 1 saturated carbocycles. The average Bonchev–Trinajstić information content (AvgIpc) is 3.49. The number of carboxylic acid groups (broad SMARTS) is 1. The Morgan fingerprint density at radius 2 is 1.84 bits per heavy atom. The first-order valence-electron chi connectivity index (χ1n) is 12.9. The minimum absolute atomic E-state index is 0.0315. The fourth-order valence-electron chi connectivity index (χ4n) is 5.30. The average molecular weight is 562 g/mol. The Balaban J connectivity index is 1.43. The van der Waals surface area contributed by atoms with Gasteiger partial charge < -0.3 is 20.1 Å². The number of amides is 3. The highest BCUT2D eigenvalue weighted by molar-refractivity contribution is 6.32. The van der Waals surface area contributed by atoms with Crippen molar-refractivity contribution in [3.8, 4) is 5.75 Å². The molecule has 0 radical (unpaired) electrons. The van der Waals surface area contributed by atoms with Gasteiger partial charge in [-0.2, -0.15) is 0 Å². The zero-order chi connectivity index (χ0) is 27.2. The number of halogens is 2. The van der Waals surface area contributed by atoms with Crippen molar-refractivity contribution >= 4 is 41.1 Å². The monoisotopic (exact) mass is 561 g/mol. The number of carboxylic acids is 1. The number of ether oxygens (including phenoxy) is 1. The summed E-state index contributed by atoms with van der Waals surface area (Å²) in [5.41, 5.74) is 1.91. The summed E-state index contributed by atoms with van der Waals surface area (Å²) in [5, 5.41) is 14.3. The summed E-state index contributed by atoms with van der Waals surface area (Å²) in [6.45, 7) is 0.383. The molecule has 204 valence electrons. The van der Waals surface area contributed by atoms with Crippen LogP contribution in [0.1, 0.15) is 49.3 Å². The molecular weight excluding hydrogens is 529 g/mol. The Morgan fingerprint density at radius 3 is 2.45 bits per heavy atom. The van der Waals surface area contributed by atoms with Gasteiger partial charge in [0, 0.05) is 24.2 Å². The number of hydrogen-bond donors (Lipinski definition) is 2. The zero-order valence-electron chi connectivity index (χ0n) is 21.4. The highest BCUT2D eigenvalue weighted by Crippen LogP contribution is 2.33. The molecule has 0 spiro atoms. The van der Waals surface area contributed by atoms with E-state index in [0.717, 1.165) is 24.0 Å². The van der Waals surface area contributed by atoms with E-state index in [1.54, 1.807) is 25.2 Å². The third-order valence-corrected chi connectivity index (χ3v) is 7.84. The molecule has 2 aromatic carbocycles. The van der Waals surface area contributed by atoms with Crippen molar-refractivity contribution in [1.82, 2.24) is 15.1 Å². The zero-order valence-corrected chi connectivity index (χ0v) is 22.9. The van der Waals surface area contributed by atoms with Gasteiger partial charge in [-0.25, -0.2) is 4.79 Å². The minimum Gasteiger partial charge on any atom is -0.490 e. The lowest BCUT2D eigenvalue weighted by Crippen LogP contribution is -2.40. The number of carbonyl (C=O) groups is 3. The van der Waals surface area contributed by atoms with Crippen LogP contribution in [0.15, 0.2) is 42.5 Å². The topological polar surface area (TPSA) is 99.2 Å². The number of likely N-dealkylation sites (N-methyl/N-ethyl adjacent to an activating group) is 1. The fraction of sp³-hybridized carbons (Fsp3) is 0.464. The highest BCUT2D eigenvalue weighted by Gasteiger charge is 2.33. The number of benzene rings is 2. The van der Waals surface area contributed by atoms with E-state index in [2.05, 4.69) is 5.32 Å². The normalized spacial score (nSPS) is 17.8. The van der Waals surface area contributed by atoms with Crippen molar-refractivity contribution in [2.24, 2.45) is 5.92 Å². The lowest BCUT2D eigenvalue weighted by Gasteiger charge is -2.30. The first-order chi connectivity index (χ1) is 18.2. The van der Waals surface area contributed by atoms with E-state index in [1.165, 1.54) is 22.6 Å². The van der Waals surface area contributed by atoms with Crippen molar-refractivity contribution in [1.29, 1.82) is 0 Å². The molecule has 0 aromatic heterocycles. The van der Waals surface area contributed by atoms with E-state index in [1.807, 2.05) is 24.3 Å². The fourth-order valence-corrected chi connectivity index (χ4v) is 5.68. The third kappa shape index (κ3) is 7.18. The smallest absolute Gasteiger partial charge is 0.327 e. The van der Waals surface area contributed by atoms with E-state index in [4.69, 9.17) is 27.9 Å². The van der Waals surface area contributed by atoms with Gasteiger partial charge in [0.2, 0.25) is 5.91 Å². The molecular formula is C28H33Cl2N3O5. The molecule has 1 heterocycles. The molecule has 2 atom stereocenters.